The van der Waals surface area contributed by atoms with Gasteiger partial charge in [0.05, 0.1) is 23.5 Å². The summed E-state index contributed by atoms with van der Waals surface area (Å²) in [5, 5.41) is 8.66. The van der Waals surface area contributed by atoms with E-state index in [2.05, 4.69) is 21.7 Å². The van der Waals surface area contributed by atoms with Crippen molar-refractivity contribution in [1.29, 1.82) is 5.26 Å². The Balaban J connectivity index is 2.21. The average Bonchev–Trinajstić information content (AvgIpc) is 2.78. The molecule has 0 fully saturated rings. The van der Waals surface area contributed by atoms with Crippen LogP contribution < -0.4 is 0 Å². The lowest BCUT2D eigenvalue weighted by Crippen LogP contribution is -1.92. The summed E-state index contributed by atoms with van der Waals surface area (Å²) in [7, 11) is 0. The van der Waals surface area contributed by atoms with Gasteiger partial charge in [0.25, 0.3) is 0 Å². The third-order valence-corrected chi connectivity index (χ3v) is 2.96. The fourth-order valence-corrected chi connectivity index (χ4v) is 2.26. The van der Waals surface area contributed by atoms with Crippen LogP contribution in [0.15, 0.2) is 18.2 Å². The van der Waals surface area contributed by atoms with Crippen LogP contribution in [0.5, 0.6) is 0 Å². The molecule has 0 atom stereocenters. The summed E-state index contributed by atoms with van der Waals surface area (Å²) in [6.45, 7) is 1.07. The molecule has 0 aliphatic carbocycles. The van der Waals surface area contributed by atoms with Crippen molar-refractivity contribution in [2.24, 2.45) is 0 Å². The zero-order valence-corrected chi connectivity index (χ0v) is 8.40. The normalized spacial score (nSPS) is 14.1. The average molecular weight is 197 g/mol. The zero-order valence-electron chi connectivity index (χ0n) is 8.40. The molecule has 0 N–H and O–H groups in total. The minimum Gasteiger partial charge on any atom is -0.328 e. The predicted octanol–water partition coefficient (Wildman–Crippen LogP) is 2.05. The van der Waals surface area contributed by atoms with Crippen LogP contribution in [0.1, 0.15) is 17.8 Å². The van der Waals surface area contributed by atoms with E-state index in [4.69, 9.17) is 5.26 Å². The monoisotopic (exact) mass is 197 g/mol. The largest absolute Gasteiger partial charge is 0.328 e. The summed E-state index contributed by atoms with van der Waals surface area (Å²) < 4.78 is 2.27. The van der Waals surface area contributed by atoms with E-state index < -0.39 is 0 Å². The lowest BCUT2D eigenvalue weighted by atomic mass is 10.1. The van der Waals surface area contributed by atoms with Crippen molar-refractivity contribution in [1.82, 2.24) is 9.55 Å². The van der Waals surface area contributed by atoms with Crippen LogP contribution in [0.3, 0.4) is 0 Å². The SMILES string of the molecule is N#CCc1ccc2nc3n(c2c1)CCC3. The first-order chi connectivity index (χ1) is 7.38. The molecule has 3 nitrogen and oxygen atoms in total. The van der Waals surface area contributed by atoms with E-state index in [1.54, 1.807) is 0 Å². The van der Waals surface area contributed by atoms with E-state index in [1.165, 1.54) is 17.8 Å². The third kappa shape index (κ3) is 1.22. The minimum absolute atomic E-state index is 0.483. The van der Waals surface area contributed by atoms with E-state index in [0.29, 0.717) is 6.42 Å². The molecule has 0 saturated heterocycles. The number of hydrogen-bond acceptors (Lipinski definition) is 2. The molecule has 15 heavy (non-hydrogen) atoms. The van der Waals surface area contributed by atoms with Gasteiger partial charge in [0.1, 0.15) is 5.82 Å². The Morgan fingerprint density at radius 3 is 3.27 bits per heavy atom. The van der Waals surface area contributed by atoms with E-state index in [0.717, 1.165) is 24.0 Å². The topological polar surface area (TPSA) is 41.6 Å². The molecule has 0 spiro atoms. The van der Waals surface area contributed by atoms with E-state index in [9.17, 15) is 0 Å². The van der Waals surface area contributed by atoms with Gasteiger partial charge in [-0.2, -0.15) is 5.26 Å². The maximum Gasteiger partial charge on any atom is 0.109 e. The smallest absolute Gasteiger partial charge is 0.109 e. The van der Waals surface area contributed by atoms with Crippen LogP contribution in [0, 0.1) is 11.3 Å². The molecule has 0 amide bonds. The van der Waals surface area contributed by atoms with Gasteiger partial charge >= 0.3 is 0 Å². The van der Waals surface area contributed by atoms with Crippen LogP contribution in [0.4, 0.5) is 0 Å². The zero-order chi connectivity index (χ0) is 10.3. The highest BCUT2D eigenvalue weighted by Gasteiger charge is 2.15. The number of benzene rings is 1. The van der Waals surface area contributed by atoms with Crippen LogP contribution in [-0.4, -0.2) is 9.55 Å². The van der Waals surface area contributed by atoms with E-state index >= 15 is 0 Å². The first-order valence-corrected chi connectivity index (χ1v) is 5.23. The lowest BCUT2D eigenvalue weighted by molar-refractivity contribution is 0.771. The quantitative estimate of drug-likeness (QED) is 0.702. The highest BCUT2D eigenvalue weighted by molar-refractivity contribution is 5.77. The van der Waals surface area contributed by atoms with Crippen molar-refractivity contribution >= 4 is 11.0 Å². The Morgan fingerprint density at radius 1 is 1.47 bits per heavy atom. The minimum atomic E-state index is 0.483. The molecule has 1 aliphatic heterocycles. The lowest BCUT2D eigenvalue weighted by Gasteiger charge is -1.99. The van der Waals surface area contributed by atoms with Crippen molar-refractivity contribution in [2.75, 3.05) is 0 Å². The standard InChI is InChI=1S/C12H11N3/c13-6-5-9-3-4-10-11(8-9)15-7-1-2-12(15)14-10/h3-4,8H,1-2,5,7H2. The maximum absolute atomic E-state index is 8.66. The highest BCUT2D eigenvalue weighted by atomic mass is 15.1. The van der Waals surface area contributed by atoms with Crippen LogP contribution in [0.25, 0.3) is 11.0 Å². The van der Waals surface area contributed by atoms with Crippen molar-refractivity contribution in [3.05, 3.63) is 29.6 Å². The summed E-state index contributed by atoms with van der Waals surface area (Å²) in [4.78, 5) is 4.57. The molecule has 2 heterocycles. The Labute approximate surface area is 88.0 Å². The number of nitrogens with zero attached hydrogens (tertiary/aromatic N) is 3. The molecule has 3 rings (SSSR count). The number of imidazole rings is 1. The molecule has 1 aromatic heterocycles. The molecule has 0 radical (unpaired) electrons. The van der Waals surface area contributed by atoms with Gasteiger partial charge in [-0.3, -0.25) is 0 Å². The predicted molar refractivity (Wildman–Crippen MR) is 57.4 cm³/mol. The van der Waals surface area contributed by atoms with Gasteiger partial charge in [0.15, 0.2) is 0 Å². The molecule has 2 aromatic rings. The molecule has 3 heteroatoms. The Hall–Kier alpha value is -1.82. The second-order valence-electron chi connectivity index (χ2n) is 3.94. The summed E-state index contributed by atoms with van der Waals surface area (Å²) in [5.41, 5.74) is 3.33. The maximum atomic E-state index is 8.66. The molecule has 0 unspecified atom stereocenters. The van der Waals surface area contributed by atoms with Gasteiger partial charge in [0, 0.05) is 13.0 Å². The van der Waals surface area contributed by atoms with Gasteiger partial charge in [0.2, 0.25) is 0 Å². The van der Waals surface area contributed by atoms with Gasteiger partial charge in [-0.25, -0.2) is 4.98 Å². The van der Waals surface area contributed by atoms with Crippen molar-refractivity contribution in [3.63, 3.8) is 0 Å². The van der Waals surface area contributed by atoms with Crippen molar-refractivity contribution < 1.29 is 0 Å². The first-order valence-electron chi connectivity index (χ1n) is 5.23. The molecule has 1 aliphatic rings. The number of fused-ring (bicyclic) bond motifs is 3. The number of aromatic nitrogens is 2. The highest BCUT2D eigenvalue weighted by Crippen LogP contribution is 2.23. The summed E-state index contributed by atoms with van der Waals surface area (Å²) in [6.07, 6.45) is 2.76. The van der Waals surface area contributed by atoms with Crippen molar-refractivity contribution in [2.45, 2.75) is 25.8 Å². The second kappa shape index (κ2) is 3.09. The van der Waals surface area contributed by atoms with Crippen LogP contribution >= 0.6 is 0 Å². The third-order valence-electron chi connectivity index (χ3n) is 2.96. The summed E-state index contributed by atoms with van der Waals surface area (Å²) in [6, 6.07) is 8.29. The number of rotatable bonds is 1. The first kappa shape index (κ1) is 8.49. The Bertz CT molecular complexity index is 560. The molecule has 74 valence electrons. The Kier molecular flexibility index (Phi) is 1.75. The van der Waals surface area contributed by atoms with Gasteiger partial charge in [-0.05, 0) is 24.1 Å². The number of nitriles is 1. The van der Waals surface area contributed by atoms with Crippen molar-refractivity contribution in [3.8, 4) is 6.07 Å². The molecule has 1 aromatic carbocycles. The number of aryl methyl sites for hydroxylation is 2. The molecular formula is C12H11N3. The van der Waals surface area contributed by atoms with Gasteiger partial charge in [-0.1, -0.05) is 6.07 Å². The Morgan fingerprint density at radius 2 is 2.40 bits per heavy atom. The van der Waals surface area contributed by atoms with Crippen LogP contribution in [0.2, 0.25) is 0 Å². The van der Waals surface area contributed by atoms with E-state index in [-0.39, 0.29) is 0 Å². The summed E-state index contributed by atoms with van der Waals surface area (Å²) >= 11 is 0. The summed E-state index contributed by atoms with van der Waals surface area (Å²) in [5.74, 6) is 1.19. The van der Waals surface area contributed by atoms with E-state index in [1.807, 2.05) is 12.1 Å². The van der Waals surface area contributed by atoms with Crippen LogP contribution in [-0.2, 0) is 19.4 Å². The fourth-order valence-electron chi connectivity index (χ4n) is 2.26. The fraction of sp³-hybridized carbons (Fsp3) is 0.333. The van der Waals surface area contributed by atoms with Gasteiger partial charge < -0.3 is 4.57 Å². The molecule has 0 saturated carbocycles. The second-order valence-corrected chi connectivity index (χ2v) is 3.94. The molecular weight excluding hydrogens is 186 g/mol. The molecule has 0 bridgehead atoms. The number of hydrogen-bond donors (Lipinski definition) is 0. The van der Waals surface area contributed by atoms with Gasteiger partial charge in [-0.15, -0.1) is 0 Å².